The van der Waals surface area contributed by atoms with Gasteiger partial charge in [-0.05, 0) is 31.7 Å². The monoisotopic (exact) mass is 276 g/mol. The van der Waals surface area contributed by atoms with Crippen molar-refractivity contribution in [3.63, 3.8) is 0 Å². The average molecular weight is 277 g/mol. The number of unbranched alkanes of at least 4 members (excludes halogenated alkanes) is 4. The molecule has 0 unspecified atom stereocenters. The molecule has 1 aromatic carbocycles. The van der Waals surface area contributed by atoms with Crippen molar-refractivity contribution in [2.75, 3.05) is 0 Å². The SMILES string of the molecule is C/C=C/CCCCC.CCCC.CCc1ccccc1. The molecule has 0 nitrogen and oxygen atoms in total. The van der Waals surface area contributed by atoms with Crippen LogP contribution in [0.3, 0.4) is 0 Å². The van der Waals surface area contributed by atoms with E-state index in [1.165, 1.54) is 44.1 Å². The Kier molecular flexibility index (Phi) is 21.6. The van der Waals surface area contributed by atoms with Gasteiger partial charge in [0.2, 0.25) is 0 Å². The van der Waals surface area contributed by atoms with Crippen molar-refractivity contribution in [1.82, 2.24) is 0 Å². The lowest BCUT2D eigenvalue weighted by Gasteiger charge is -1.89. The maximum Gasteiger partial charge on any atom is -0.0307 e. The highest BCUT2D eigenvalue weighted by Crippen LogP contribution is 1.98. The summed E-state index contributed by atoms with van der Waals surface area (Å²) in [5, 5.41) is 0. The molecule has 0 bridgehead atoms. The van der Waals surface area contributed by atoms with E-state index in [9.17, 15) is 0 Å². The number of aryl methyl sites for hydroxylation is 1. The standard InChI is InChI=1S/C8H10.C8H16.C4H10/c1-2-8-6-4-3-5-7-8;1-3-5-7-8-6-4-2;1-3-4-2/h3-7H,2H2,1H3;3,5H,4,6-8H2,1-2H3;3-4H2,1-2H3/b;5-3+;. The van der Waals surface area contributed by atoms with Crippen LogP contribution in [0, 0.1) is 0 Å². The van der Waals surface area contributed by atoms with E-state index in [0.717, 1.165) is 6.42 Å². The molecule has 116 valence electrons. The van der Waals surface area contributed by atoms with Gasteiger partial charge in [0, 0.05) is 0 Å². The summed E-state index contributed by atoms with van der Waals surface area (Å²) in [7, 11) is 0. The average Bonchev–Trinajstić information content (AvgIpc) is 2.53. The first-order valence-electron chi connectivity index (χ1n) is 8.41. The zero-order valence-corrected chi connectivity index (χ0v) is 14.5. The molecule has 0 radical (unpaired) electrons. The number of benzene rings is 1. The van der Waals surface area contributed by atoms with Gasteiger partial charge in [0.25, 0.3) is 0 Å². The van der Waals surface area contributed by atoms with Crippen molar-refractivity contribution in [2.45, 2.75) is 79.6 Å². The molecule has 0 saturated carbocycles. The first-order valence-corrected chi connectivity index (χ1v) is 8.41. The van der Waals surface area contributed by atoms with Crippen LogP contribution in [-0.4, -0.2) is 0 Å². The summed E-state index contributed by atoms with van der Waals surface area (Å²) in [6.07, 6.45) is 13.5. The summed E-state index contributed by atoms with van der Waals surface area (Å²) in [4.78, 5) is 0. The molecule has 0 heterocycles. The lowest BCUT2D eigenvalue weighted by atomic mass is 10.2. The molecule has 0 N–H and O–H groups in total. The molecular formula is C20H36. The fourth-order valence-corrected chi connectivity index (χ4v) is 1.39. The predicted molar refractivity (Wildman–Crippen MR) is 95.4 cm³/mol. The smallest absolute Gasteiger partial charge is 0.0307 e. The highest BCUT2D eigenvalue weighted by molar-refractivity contribution is 5.13. The third-order valence-electron chi connectivity index (χ3n) is 2.96. The molecule has 0 spiro atoms. The van der Waals surface area contributed by atoms with E-state index in [4.69, 9.17) is 0 Å². The highest BCUT2D eigenvalue weighted by Gasteiger charge is 1.80. The first kappa shape index (κ1) is 21.3. The predicted octanol–water partition coefficient (Wildman–Crippen LogP) is 7.20. The van der Waals surface area contributed by atoms with Gasteiger partial charge in [-0.1, -0.05) is 95.9 Å². The largest absolute Gasteiger partial charge is 0.0917 e. The van der Waals surface area contributed by atoms with Gasteiger partial charge in [-0.2, -0.15) is 0 Å². The van der Waals surface area contributed by atoms with Gasteiger partial charge in [-0.3, -0.25) is 0 Å². The maximum atomic E-state index is 2.23. The Morgan fingerprint density at radius 1 is 0.800 bits per heavy atom. The van der Waals surface area contributed by atoms with Gasteiger partial charge in [0.15, 0.2) is 0 Å². The first-order chi connectivity index (χ1) is 9.76. The van der Waals surface area contributed by atoms with Crippen molar-refractivity contribution in [1.29, 1.82) is 0 Å². The van der Waals surface area contributed by atoms with Gasteiger partial charge in [-0.15, -0.1) is 0 Å². The summed E-state index contributed by atoms with van der Waals surface area (Å²) >= 11 is 0. The molecule has 0 aliphatic heterocycles. The molecule has 0 fully saturated rings. The van der Waals surface area contributed by atoms with Crippen LogP contribution in [-0.2, 0) is 6.42 Å². The van der Waals surface area contributed by atoms with Gasteiger partial charge >= 0.3 is 0 Å². The van der Waals surface area contributed by atoms with Crippen LogP contribution >= 0.6 is 0 Å². The van der Waals surface area contributed by atoms with Gasteiger partial charge in [0.05, 0.1) is 0 Å². The summed E-state index contributed by atoms with van der Waals surface area (Å²) in [6, 6.07) is 10.5. The molecule has 0 atom stereocenters. The van der Waals surface area contributed by atoms with Gasteiger partial charge in [0.1, 0.15) is 0 Å². The Bertz CT molecular complexity index is 269. The van der Waals surface area contributed by atoms with Crippen molar-refractivity contribution < 1.29 is 0 Å². The quantitative estimate of drug-likeness (QED) is 0.381. The minimum atomic E-state index is 1.14. The Balaban J connectivity index is 0. The second-order valence-corrected chi connectivity index (χ2v) is 4.90. The fourth-order valence-electron chi connectivity index (χ4n) is 1.39. The number of allylic oxidation sites excluding steroid dienone is 2. The molecule has 0 aliphatic rings. The Hall–Kier alpha value is -1.04. The van der Waals surface area contributed by atoms with Crippen molar-refractivity contribution in [3.05, 3.63) is 48.0 Å². The molecular weight excluding hydrogens is 240 g/mol. The molecule has 0 saturated heterocycles. The molecule has 0 amide bonds. The second kappa shape index (κ2) is 20.3. The van der Waals surface area contributed by atoms with Gasteiger partial charge in [-0.25, -0.2) is 0 Å². The summed E-state index contributed by atoms with van der Waals surface area (Å²) < 4.78 is 0. The lowest BCUT2D eigenvalue weighted by Crippen LogP contribution is -1.73. The summed E-state index contributed by atoms with van der Waals surface area (Å²) in [6.45, 7) is 10.8. The highest BCUT2D eigenvalue weighted by atomic mass is 13.9. The molecule has 0 aliphatic carbocycles. The lowest BCUT2D eigenvalue weighted by molar-refractivity contribution is 0.729. The topological polar surface area (TPSA) is 0 Å². The number of hydrogen-bond donors (Lipinski definition) is 0. The van der Waals surface area contributed by atoms with E-state index in [-0.39, 0.29) is 0 Å². The Morgan fingerprint density at radius 3 is 1.75 bits per heavy atom. The number of rotatable bonds is 6. The van der Waals surface area contributed by atoms with E-state index in [0.29, 0.717) is 0 Å². The third-order valence-corrected chi connectivity index (χ3v) is 2.96. The van der Waals surface area contributed by atoms with E-state index in [1.807, 2.05) is 6.07 Å². The molecule has 1 aromatic rings. The molecule has 20 heavy (non-hydrogen) atoms. The van der Waals surface area contributed by atoms with Crippen LogP contribution in [0.15, 0.2) is 42.5 Å². The summed E-state index contributed by atoms with van der Waals surface area (Å²) in [5.74, 6) is 0. The zero-order valence-electron chi connectivity index (χ0n) is 14.5. The number of hydrogen-bond acceptors (Lipinski definition) is 0. The molecule has 1 rings (SSSR count). The van der Waals surface area contributed by atoms with Crippen LogP contribution in [0.4, 0.5) is 0 Å². The molecule has 0 heteroatoms. The normalized spacial score (nSPS) is 9.45. The van der Waals surface area contributed by atoms with Crippen LogP contribution in [0.2, 0.25) is 0 Å². The van der Waals surface area contributed by atoms with Crippen LogP contribution in [0.5, 0.6) is 0 Å². The molecule has 0 aromatic heterocycles. The van der Waals surface area contributed by atoms with Crippen LogP contribution in [0.1, 0.15) is 78.7 Å². The van der Waals surface area contributed by atoms with Gasteiger partial charge < -0.3 is 0 Å². The van der Waals surface area contributed by atoms with Crippen molar-refractivity contribution >= 4 is 0 Å². The van der Waals surface area contributed by atoms with E-state index < -0.39 is 0 Å². The Morgan fingerprint density at radius 2 is 1.40 bits per heavy atom. The van der Waals surface area contributed by atoms with E-state index in [2.05, 4.69) is 71.0 Å². The fraction of sp³-hybridized carbons (Fsp3) is 0.600. The van der Waals surface area contributed by atoms with Crippen molar-refractivity contribution in [2.24, 2.45) is 0 Å². The van der Waals surface area contributed by atoms with Crippen molar-refractivity contribution in [3.8, 4) is 0 Å². The third kappa shape index (κ3) is 19.3. The Labute approximate surface area is 128 Å². The van der Waals surface area contributed by atoms with Crippen LogP contribution in [0.25, 0.3) is 0 Å². The van der Waals surface area contributed by atoms with E-state index in [1.54, 1.807) is 0 Å². The minimum absolute atomic E-state index is 1.14. The minimum Gasteiger partial charge on any atom is -0.0917 e. The summed E-state index contributed by atoms with van der Waals surface area (Å²) in [5.41, 5.74) is 1.41. The van der Waals surface area contributed by atoms with E-state index >= 15 is 0 Å². The van der Waals surface area contributed by atoms with Crippen LogP contribution < -0.4 is 0 Å². The maximum absolute atomic E-state index is 2.23. The zero-order chi connectivity index (χ0) is 15.5. The second-order valence-electron chi connectivity index (χ2n) is 4.90.